The van der Waals surface area contributed by atoms with Crippen molar-refractivity contribution in [1.82, 2.24) is 19.5 Å². The highest BCUT2D eigenvalue weighted by atomic mass is 35.5. The third-order valence-corrected chi connectivity index (χ3v) is 5.94. The number of nitrogens with one attached hydrogen (secondary N) is 1. The minimum atomic E-state index is -0.450. The van der Waals surface area contributed by atoms with Gasteiger partial charge in [-0.15, -0.1) is 0 Å². The van der Waals surface area contributed by atoms with Crippen LogP contribution in [0.3, 0.4) is 0 Å². The molecular weight excluding hydrogens is 454 g/mol. The number of para-hydroxylation sites is 2. The first-order chi connectivity index (χ1) is 16.4. The Balaban J connectivity index is 1.66. The number of hydrogen-bond acceptors (Lipinski definition) is 6. The zero-order valence-corrected chi connectivity index (χ0v) is 19.0. The number of halogens is 1. The smallest absolute Gasteiger partial charge is 0.342 e. The molecule has 10 heteroatoms. The first kappa shape index (κ1) is 21.6. The van der Waals surface area contributed by atoms with Gasteiger partial charge in [-0.3, -0.25) is 4.99 Å². The van der Waals surface area contributed by atoms with Gasteiger partial charge >= 0.3 is 5.82 Å². The van der Waals surface area contributed by atoms with Gasteiger partial charge in [-0.1, -0.05) is 35.9 Å². The number of imidazole rings is 1. The first-order valence-electron chi connectivity index (χ1n) is 10.6. The van der Waals surface area contributed by atoms with E-state index >= 15 is 0 Å². The predicted molar refractivity (Wildman–Crippen MR) is 132 cm³/mol. The number of nitrogens with two attached hydrogens (primary N) is 1. The van der Waals surface area contributed by atoms with Crippen molar-refractivity contribution in [3.05, 3.63) is 87.1 Å². The molecule has 0 radical (unpaired) electrons. The SMILES string of the molecule is Cc1ncc([N+](=O)[O-])n1CCN=c1cc2[nH]c3ccccc3nc-2c(-c2ccc(Cl)cc2)c1N. The number of H-pyrrole nitrogens is 1. The number of nitrogen functional groups attached to an aromatic ring is 1. The molecule has 2 aliphatic rings. The Morgan fingerprint density at radius 2 is 1.97 bits per heavy atom. The van der Waals surface area contributed by atoms with Gasteiger partial charge in [0.05, 0.1) is 40.0 Å². The summed E-state index contributed by atoms with van der Waals surface area (Å²) in [4.78, 5) is 27.8. The molecule has 0 unspecified atom stereocenters. The van der Waals surface area contributed by atoms with Crippen molar-refractivity contribution < 1.29 is 4.92 Å². The maximum atomic E-state index is 11.3. The van der Waals surface area contributed by atoms with Crippen LogP contribution in [0.1, 0.15) is 5.82 Å². The number of nitrogens with zero attached hydrogens (tertiary/aromatic N) is 5. The third kappa shape index (κ3) is 3.86. The van der Waals surface area contributed by atoms with Gasteiger partial charge in [-0.05, 0) is 40.8 Å². The van der Waals surface area contributed by atoms with Crippen molar-refractivity contribution in [2.75, 3.05) is 12.3 Å². The van der Waals surface area contributed by atoms with Crippen LogP contribution in [0.25, 0.3) is 33.5 Å². The molecule has 1 aliphatic heterocycles. The highest BCUT2D eigenvalue weighted by molar-refractivity contribution is 6.30. The predicted octanol–water partition coefficient (Wildman–Crippen LogP) is 4.58. The lowest BCUT2D eigenvalue weighted by atomic mass is 9.97. The van der Waals surface area contributed by atoms with Crippen molar-refractivity contribution in [3.8, 4) is 22.5 Å². The van der Waals surface area contributed by atoms with Gasteiger partial charge < -0.3 is 20.8 Å². The molecule has 170 valence electrons. The Bertz CT molecular complexity index is 1570. The Labute approximate surface area is 199 Å². The van der Waals surface area contributed by atoms with Gasteiger partial charge in [0.15, 0.2) is 5.82 Å². The van der Waals surface area contributed by atoms with Crippen LogP contribution in [-0.2, 0) is 6.54 Å². The second-order valence-corrected chi connectivity index (χ2v) is 8.23. The maximum Gasteiger partial charge on any atom is 0.342 e. The number of aryl methyl sites for hydroxylation is 1. The van der Waals surface area contributed by atoms with E-state index in [2.05, 4.69) is 15.0 Å². The number of aromatic amines is 1. The normalized spacial score (nSPS) is 12.0. The molecule has 1 aliphatic carbocycles. The number of rotatable bonds is 5. The van der Waals surface area contributed by atoms with Gasteiger partial charge in [-0.25, -0.2) is 14.5 Å². The second kappa shape index (κ2) is 8.60. The quantitative estimate of drug-likeness (QED) is 0.167. The van der Waals surface area contributed by atoms with E-state index in [4.69, 9.17) is 22.3 Å². The number of fused-ring (bicyclic) bond motifs is 2. The molecule has 0 spiro atoms. The highest BCUT2D eigenvalue weighted by Crippen LogP contribution is 2.35. The molecule has 0 amide bonds. The molecule has 0 saturated heterocycles. The van der Waals surface area contributed by atoms with Crippen LogP contribution in [0.5, 0.6) is 0 Å². The van der Waals surface area contributed by atoms with Crippen LogP contribution in [-0.4, -0.2) is 31.0 Å². The number of hydrogen-bond donors (Lipinski definition) is 2. The second-order valence-electron chi connectivity index (χ2n) is 7.80. The van der Waals surface area contributed by atoms with E-state index in [1.165, 1.54) is 10.8 Å². The average molecular weight is 474 g/mol. The summed E-state index contributed by atoms with van der Waals surface area (Å²) in [5, 5.41) is 12.5. The minimum Gasteiger partial charge on any atom is -0.396 e. The van der Waals surface area contributed by atoms with Crippen LogP contribution < -0.4 is 11.1 Å². The first-order valence-corrected chi connectivity index (χ1v) is 10.9. The van der Waals surface area contributed by atoms with Gasteiger partial charge in [0.25, 0.3) is 0 Å². The molecule has 2 heterocycles. The average Bonchev–Trinajstić information content (AvgIpc) is 3.20. The summed E-state index contributed by atoms with van der Waals surface area (Å²) in [7, 11) is 0. The van der Waals surface area contributed by atoms with Crippen molar-refractivity contribution >= 4 is 34.1 Å². The van der Waals surface area contributed by atoms with Crippen LogP contribution >= 0.6 is 11.6 Å². The summed E-state index contributed by atoms with van der Waals surface area (Å²) < 4.78 is 1.53. The summed E-state index contributed by atoms with van der Waals surface area (Å²) in [6.07, 6.45) is 1.25. The van der Waals surface area contributed by atoms with Crippen molar-refractivity contribution in [2.45, 2.75) is 13.5 Å². The van der Waals surface area contributed by atoms with Crippen LogP contribution in [0, 0.1) is 17.0 Å². The molecule has 1 aromatic heterocycles. The molecular formula is C24H20ClN7O2. The lowest BCUT2D eigenvalue weighted by molar-refractivity contribution is -0.392. The minimum absolute atomic E-state index is 0.0648. The van der Waals surface area contributed by atoms with Crippen LogP contribution in [0.2, 0.25) is 5.02 Å². The summed E-state index contributed by atoms with van der Waals surface area (Å²) in [5.41, 5.74) is 11.9. The van der Waals surface area contributed by atoms with Gasteiger partial charge in [0, 0.05) is 17.5 Å². The molecule has 0 fully saturated rings. The van der Waals surface area contributed by atoms with E-state index in [1.807, 2.05) is 42.5 Å². The topological polar surface area (TPSA) is 128 Å². The summed E-state index contributed by atoms with van der Waals surface area (Å²) in [5.74, 6) is 0.490. The lowest BCUT2D eigenvalue weighted by Crippen LogP contribution is -2.16. The fourth-order valence-electron chi connectivity index (χ4n) is 4.02. The van der Waals surface area contributed by atoms with E-state index in [0.29, 0.717) is 28.4 Å². The van der Waals surface area contributed by atoms with E-state index in [0.717, 1.165) is 33.5 Å². The van der Waals surface area contributed by atoms with Crippen molar-refractivity contribution in [1.29, 1.82) is 0 Å². The van der Waals surface area contributed by atoms with E-state index in [9.17, 15) is 10.1 Å². The van der Waals surface area contributed by atoms with Gasteiger partial charge in [-0.2, -0.15) is 0 Å². The molecule has 0 bridgehead atoms. The fraction of sp³-hybridized carbons (Fsp3) is 0.125. The van der Waals surface area contributed by atoms with Crippen molar-refractivity contribution in [2.24, 2.45) is 4.99 Å². The number of benzene rings is 3. The lowest BCUT2D eigenvalue weighted by Gasteiger charge is -2.16. The van der Waals surface area contributed by atoms with Crippen LogP contribution in [0.4, 0.5) is 11.5 Å². The molecule has 9 nitrogen and oxygen atoms in total. The zero-order chi connectivity index (χ0) is 23.8. The Morgan fingerprint density at radius 3 is 2.74 bits per heavy atom. The Kier molecular flexibility index (Phi) is 5.46. The van der Waals surface area contributed by atoms with Crippen LogP contribution in [0.15, 0.2) is 65.8 Å². The summed E-state index contributed by atoms with van der Waals surface area (Å²) in [6.45, 7) is 2.31. The largest absolute Gasteiger partial charge is 0.396 e. The number of aromatic nitrogens is 4. The summed E-state index contributed by atoms with van der Waals surface area (Å²) >= 11 is 6.10. The van der Waals surface area contributed by atoms with E-state index in [-0.39, 0.29) is 12.4 Å². The van der Waals surface area contributed by atoms with Gasteiger partial charge in [0.2, 0.25) is 0 Å². The summed E-state index contributed by atoms with van der Waals surface area (Å²) in [6, 6.07) is 17.0. The Hall–Kier alpha value is -4.24. The standard InChI is InChI=1S/C24H20ClN7O2/c1-14-28-13-21(32(33)34)31(14)11-10-27-19-12-20-24(30-18-5-3-2-4-17(18)29-20)22(23(19)26)15-6-8-16(25)9-7-15/h2-9,12-13,29H,10-11,26H2,1H3. The molecule has 3 aromatic rings. The maximum absolute atomic E-state index is 11.3. The zero-order valence-electron chi connectivity index (χ0n) is 18.2. The molecule has 0 saturated carbocycles. The molecule has 2 aromatic carbocycles. The number of nitro groups is 1. The molecule has 3 N–H and O–H groups in total. The molecule has 0 atom stereocenters. The number of anilines is 1. The van der Waals surface area contributed by atoms with Gasteiger partial charge in [0.1, 0.15) is 12.7 Å². The van der Waals surface area contributed by atoms with Crippen molar-refractivity contribution in [3.63, 3.8) is 0 Å². The fourth-order valence-corrected chi connectivity index (χ4v) is 4.14. The Morgan fingerprint density at radius 1 is 1.21 bits per heavy atom. The monoisotopic (exact) mass is 473 g/mol. The van der Waals surface area contributed by atoms with E-state index in [1.54, 1.807) is 19.1 Å². The molecule has 5 rings (SSSR count). The third-order valence-electron chi connectivity index (χ3n) is 5.68. The molecule has 34 heavy (non-hydrogen) atoms. The van der Waals surface area contributed by atoms with E-state index < -0.39 is 4.92 Å². The highest BCUT2D eigenvalue weighted by Gasteiger charge is 2.19.